The summed E-state index contributed by atoms with van der Waals surface area (Å²) in [5, 5.41) is 3.67. The van der Waals surface area contributed by atoms with Gasteiger partial charge in [0.1, 0.15) is 10.8 Å². The van der Waals surface area contributed by atoms with E-state index in [1.807, 2.05) is 36.4 Å². The normalized spacial score (nSPS) is 15.0. The molecule has 3 aromatic rings. The molecule has 4 rings (SSSR count). The summed E-state index contributed by atoms with van der Waals surface area (Å²) in [6, 6.07) is 13.5. The van der Waals surface area contributed by atoms with Gasteiger partial charge in [-0.15, -0.1) is 0 Å². The fraction of sp³-hybridized carbons (Fsp3) is 0.318. The number of aromatic nitrogens is 2. The van der Waals surface area contributed by atoms with E-state index in [0.29, 0.717) is 25.4 Å². The van der Waals surface area contributed by atoms with Crippen LogP contribution in [0, 0.1) is 0 Å². The van der Waals surface area contributed by atoms with Crippen LogP contribution in [0.5, 0.6) is 0 Å². The van der Waals surface area contributed by atoms with Gasteiger partial charge in [-0.3, -0.25) is 4.79 Å². The fourth-order valence-electron chi connectivity index (χ4n) is 3.14. The lowest BCUT2D eigenvalue weighted by molar-refractivity contribution is -0.118. The van der Waals surface area contributed by atoms with Gasteiger partial charge >= 0.3 is 0 Å². The number of benzene rings is 1. The summed E-state index contributed by atoms with van der Waals surface area (Å²) in [6.45, 7) is 4.96. The molecule has 0 atom stereocenters. The van der Waals surface area contributed by atoms with E-state index in [4.69, 9.17) is 19.1 Å². The van der Waals surface area contributed by atoms with Crippen LogP contribution in [0.25, 0.3) is 11.4 Å². The fourth-order valence-corrected chi connectivity index (χ4v) is 4.01. The summed E-state index contributed by atoms with van der Waals surface area (Å²) in [4.78, 5) is 21.9. The molecule has 7 heteroatoms. The third kappa shape index (κ3) is 4.86. The molecule has 0 unspecified atom stereocenters. The van der Waals surface area contributed by atoms with Crippen molar-refractivity contribution in [3.05, 3.63) is 65.7 Å². The van der Waals surface area contributed by atoms with Crippen molar-refractivity contribution < 1.29 is 13.9 Å². The second-order valence-electron chi connectivity index (χ2n) is 7.51. The van der Waals surface area contributed by atoms with Crippen LogP contribution in [-0.4, -0.2) is 27.2 Å². The van der Waals surface area contributed by atoms with Gasteiger partial charge < -0.3 is 14.5 Å². The summed E-state index contributed by atoms with van der Waals surface area (Å²) >= 11 is 1.42. The molecule has 1 N–H and O–H groups in total. The number of fused-ring (bicyclic) bond motifs is 1. The molecule has 29 heavy (non-hydrogen) atoms. The topological polar surface area (TPSA) is 77.3 Å². The molecule has 0 aliphatic carbocycles. The molecule has 0 radical (unpaired) electrons. The number of hydrogen-bond donors (Lipinski definition) is 1. The predicted molar refractivity (Wildman–Crippen MR) is 111 cm³/mol. The van der Waals surface area contributed by atoms with Crippen molar-refractivity contribution in [1.82, 2.24) is 15.3 Å². The van der Waals surface area contributed by atoms with E-state index in [2.05, 4.69) is 19.2 Å². The Bertz CT molecular complexity index is 988. The Hall–Kier alpha value is -2.64. The lowest BCUT2D eigenvalue weighted by Crippen LogP contribution is -2.33. The molecular formula is C22H23N3O3S. The van der Waals surface area contributed by atoms with Crippen molar-refractivity contribution in [3.63, 3.8) is 0 Å². The van der Waals surface area contributed by atoms with Gasteiger partial charge in [0.15, 0.2) is 5.82 Å². The van der Waals surface area contributed by atoms with Gasteiger partial charge in [0.2, 0.25) is 5.91 Å². The Kier molecular flexibility index (Phi) is 5.69. The molecule has 1 aromatic carbocycles. The molecule has 1 amide bonds. The molecule has 2 aromatic heterocycles. The van der Waals surface area contributed by atoms with Crippen LogP contribution in [0.3, 0.4) is 0 Å². The van der Waals surface area contributed by atoms with Gasteiger partial charge in [-0.05, 0) is 26.0 Å². The first-order valence-corrected chi connectivity index (χ1v) is 10.5. The summed E-state index contributed by atoms with van der Waals surface area (Å²) in [5.41, 5.74) is 2.67. The Labute approximate surface area is 174 Å². The second kappa shape index (κ2) is 8.39. The number of carbonyl (C=O) groups is 1. The summed E-state index contributed by atoms with van der Waals surface area (Å²) < 4.78 is 11.2. The number of furan rings is 1. The van der Waals surface area contributed by atoms with Crippen molar-refractivity contribution in [2.24, 2.45) is 0 Å². The molecule has 0 saturated carbocycles. The highest BCUT2D eigenvalue weighted by Crippen LogP contribution is 2.33. The van der Waals surface area contributed by atoms with Crippen LogP contribution in [0.2, 0.25) is 0 Å². The van der Waals surface area contributed by atoms with Crippen LogP contribution in [0.1, 0.15) is 30.9 Å². The third-order valence-corrected chi connectivity index (χ3v) is 5.68. The number of ether oxygens (including phenoxy) is 1. The maximum absolute atomic E-state index is 12.3. The molecule has 6 nitrogen and oxygen atoms in total. The Morgan fingerprint density at radius 1 is 1.17 bits per heavy atom. The Morgan fingerprint density at radius 3 is 2.76 bits per heavy atom. The highest BCUT2D eigenvalue weighted by atomic mass is 32.2. The highest BCUT2D eigenvalue weighted by molar-refractivity contribution is 7.99. The third-order valence-electron chi connectivity index (χ3n) is 4.67. The molecule has 1 aliphatic heterocycles. The van der Waals surface area contributed by atoms with Crippen molar-refractivity contribution in [1.29, 1.82) is 0 Å². The maximum atomic E-state index is 12.3. The lowest BCUT2D eigenvalue weighted by Gasteiger charge is -2.32. The Balaban J connectivity index is 1.54. The lowest BCUT2D eigenvalue weighted by atomic mass is 9.96. The first kappa shape index (κ1) is 19.7. The molecule has 0 fully saturated rings. The molecule has 0 bridgehead atoms. The quantitative estimate of drug-likeness (QED) is 0.490. The molecule has 0 saturated heterocycles. The number of carbonyl (C=O) groups excluding carboxylic acids is 1. The van der Waals surface area contributed by atoms with Crippen LogP contribution < -0.4 is 5.32 Å². The van der Waals surface area contributed by atoms with Crippen LogP contribution >= 0.6 is 11.8 Å². The monoisotopic (exact) mass is 409 g/mol. The van der Waals surface area contributed by atoms with E-state index in [0.717, 1.165) is 27.6 Å². The molecule has 3 heterocycles. The molecule has 1 aliphatic rings. The highest BCUT2D eigenvalue weighted by Gasteiger charge is 2.30. The van der Waals surface area contributed by atoms with Crippen LogP contribution in [0.15, 0.2) is 58.2 Å². The summed E-state index contributed by atoms with van der Waals surface area (Å²) in [5.74, 6) is 1.60. The number of nitrogens with zero attached hydrogens (tertiary/aromatic N) is 2. The number of hydrogen-bond acceptors (Lipinski definition) is 6. The maximum Gasteiger partial charge on any atom is 0.230 e. The zero-order chi connectivity index (χ0) is 20.3. The van der Waals surface area contributed by atoms with E-state index in [1.165, 1.54) is 11.8 Å². The van der Waals surface area contributed by atoms with Gasteiger partial charge in [0, 0.05) is 17.5 Å². The van der Waals surface area contributed by atoms with E-state index in [-0.39, 0.29) is 17.3 Å². The molecule has 0 spiro atoms. The summed E-state index contributed by atoms with van der Waals surface area (Å²) in [7, 11) is 0. The average Bonchev–Trinajstić information content (AvgIpc) is 3.23. The minimum atomic E-state index is -0.266. The van der Waals surface area contributed by atoms with E-state index >= 15 is 0 Å². The average molecular weight is 410 g/mol. The first-order chi connectivity index (χ1) is 14.0. The SMILES string of the molecule is CC1(C)Cc2nc(-c3ccccc3)nc(SCC(=O)NCc3ccco3)c2CO1. The van der Waals surface area contributed by atoms with Crippen LogP contribution in [-0.2, 0) is 29.1 Å². The van der Waals surface area contributed by atoms with Gasteiger partial charge in [0.05, 0.1) is 36.5 Å². The van der Waals surface area contributed by atoms with Crippen molar-refractivity contribution in [3.8, 4) is 11.4 Å². The van der Waals surface area contributed by atoms with Crippen molar-refractivity contribution in [2.45, 2.75) is 44.0 Å². The minimum Gasteiger partial charge on any atom is -0.467 e. The zero-order valence-corrected chi connectivity index (χ0v) is 17.3. The van der Waals surface area contributed by atoms with E-state index in [1.54, 1.807) is 12.3 Å². The molecular weight excluding hydrogens is 386 g/mol. The number of thioether (sulfide) groups is 1. The van der Waals surface area contributed by atoms with Crippen molar-refractivity contribution >= 4 is 17.7 Å². The van der Waals surface area contributed by atoms with E-state index < -0.39 is 0 Å². The largest absolute Gasteiger partial charge is 0.467 e. The molecule has 150 valence electrons. The van der Waals surface area contributed by atoms with E-state index in [9.17, 15) is 4.79 Å². The van der Waals surface area contributed by atoms with Gasteiger partial charge in [-0.1, -0.05) is 42.1 Å². The van der Waals surface area contributed by atoms with Crippen LogP contribution in [0.4, 0.5) is 0 Å². The smallest absolute Gasteiger partial charge is 0.230 e. The van der Waals surface area contributed by atoms with Crippen molar-refractivity contribution in [2.75, 3.05) is 5.75 Å². The number of nitrogens with one attached hydrogen (secondary N) is 1. The minimum absolute atomic E-state index is 0.0721. The standard InChI is InChI=1S/C22H23N3O3S/c1-22(2)11-18-17(13-28-22)21(25-20(24-18)15-7-4-3-5-8-15)29-14-19(26)23-12-16-9-6-10-27-16/h3-10H,11-14H2,1-2H3,(H,23,26). The zero-order valence-electron chi connectivity index (χ0n) is 16.5. The number of rotatable bonds is 6. The van der Waals surface area contributed by atoms with Gasteiger partial charge in [-0.2, -0.15) is 0 Å². The Morgan fingerprint density at radius 2 is 2.00 bits per heavy atom. The second-order valence-corrected chi connectivity index (χ2v) is 8.48. The first-order valence-electron chi connectivity index (χ1n) is 9.51. The predicted octanol–water partition coefficient (Wildman–Crippen LogP) is 4.00. The van der Waals surface area contributed by atoms with Gasteiger partial charge in [-0.25, -0.2) is 9.97 Å². The van der Waals surface area contributed by atoms with Gasteiger partial charge in [0.25, 0.3) is 0 Å². The summed E-state index contributed by atoms with van der Waals surface area (Å²) in [6.07, 6.45) is 2.30. The number of amides is 1.